The zero-order valence-corrected chi connectivity index (χ0v) is 10.7. The van der Waals surface area contributed by atoms with Crippen LogP contribution in [0.25, 0.3) is 5.57 Å². The summed E-state index contributed by atoms with van der Waals surface area (Å²) in [5.41, 5.74) is 2.96. The Labute approximate surface area is 116 Å². The van der Waals surface area contributed by atoms with Crippen molar-refractivity contribution in [3.05, 3.63) is 77.9 Å². The third-order valence-corrected chi connectivity index (χ3v) is 3.47. The van der Waals surface area contributed by atoms with Crippen molar-refractivity contribution in [2.24, 2.45) is 5.16 Å². The largest absolute Gasteiger partial charge is 0.411 e. The number of ketones is 1. The van der Waals surface area contributed by atoms with Gasteiger partial charge in [0.05, 0.1) is 5.92 Å². The summed E-state index contributed by atoms with van der Waals surface area (Å²) in [5.74, 6) is -0.545. The Balaban J connectivity index is 2.13. The number of carbonyl (C=O) groups is 1. The topological polar surface area (TPSA) is 49.7 Å². The minimum Gasteiger partial charge on any atom is -0.411 e. The summed E-state index contributed by atoms with van der Waals surface area (Å²) < 4.78 is 0. The molecule has 0 bridgehead atoms. The van der Waals surface area contributed by atoms with Crippen molar-refractivity contribution in [3.8, 4) is 0 Å². The van der Waals surface area contributed by atoms with Gasteiger partial charge in [0.15, 0.2) is 0 Å². The molecule has 0 aliphatic heterocycles. The van der Waals surface area contributed by atoms with E-state index in [9.17, 15) is 4.79 Å². The molecule has 1 aliphatic rings. The van der Waals surface area contributed by atoms with Crippen LogP contribution in [-0.2, 0) is 4.79 Å². The maximum absolute atomic E-state index is 12.0. The molecule has 0 amide bonds. The molecule has 2 aromatic carbocycles. The lowest BCUT2D eigenvalue weighted by molar-refractivity contribution is -0.108. The van der Waals surface area contributed by atoms with E-state index in [2.05, 4.69) is 5.16 Å². The van der Waals surface area contributed by atoms with Gasteiger partial charge in [-0.25, -0.2) is 0 Å². The van der Waals surface area contributed by atoms with Gasteiger partial charge in [-0.1, -0.05) is 65.8 Å². The predicted octanol–water partition coefficient (Wildman–Crippen LogP) is 3.27. The second-order valence-electron chi connectivity index (χ2n) is 4.66. The molecule has 20 heavy (non-hydrogen) atoms. The van der Waals surface area contributed by atoms with Crippen molar-refractivity contribution >= 4 is 17.1 Å². The fraction of sp³-hybridized carbons (Fsp3) is 0.0588. The van der Waals surface area contributed by atoms with Gasteiger partial charge in [0.25, 0.3) is 0 Å². The van der Waals surface area contributed by atoms with Gasteiger partial charge in [-0.3, -0.25) is 4.79 Å². The number of rotatable bonds is 2. The molecule has 0 heterocycles. The lowest BCUT2D eigenvalue weighted by atomic mass is 9.87. The first-order valence-corrected chi connectivity index (χ1v) is 6.39. The van der Waals surface area contributed by atoms with E-state index in [1.807, 2.05) is 60.7 Å². The van der Waals surface area contributed by atoms with Crippen LogP contribution in [-0.4, -0.2) is 16.7 Å². The summed E-state index contributed by atoms with van der Waals surface area (Å²) >= 11 is 0. The lowest BCUT2D eigenvalue weighted by Gasteiger charge is -2.15. The molecule has 1 aliphatic carbocycles. The standard InChI is InChI=1S/C17H13NO2/c19-15-11-14(12-7-3-1-4-8-12)16(17(15)18-20)13-9-5-2-6-10-13/h1-11,16,20H/b18-17+. The fourth-order valence-corrected chi connectivity index (χ4v) is 2.56. The van der Waals surface area contributed by atoms with Crippen LogP contribution in [0.2, 0.25) is 0 Å². The molecule has 0 fully saturated rings. The SMILES string of the molecule is O=C1C=C(c2ccccc2)C(c2ccccc2)/C1=N/O. The molecule has 2 aromatic rings. The van der Waals surface area contributed by atoms with Gasteiger partial charge in [-0.05, 0) is 22.8 Å². The Morgan fingerprint density at radius 2 is 1.50 bits per heavy atom. The van der Waals surface area contributed by atoms with Crippen LogP contribution in [0.15, 0.2) is 71.9 Å². The maximum atomic E-state index is 12.0. The molecule has 0 saturated heterocycles. The van der Waals surface area contributed by atoms with Gasteiger partial charge < -0.3 is 5.21 Å². The minimum absolute atomic E-state index is 0.176. The van der Waals surface area contributed by atoms with E-state index < -0.39 is 0 Å². The molecule has 98 valence electrons. The van der Waals surface area contributed by atoms with Crippen LogP contribution in [0.4, 0.5) is 0 Å². The molecule has 0 spiro atoms. The molecule has 0 saturated carbocycles. The van der Waals surface area contributed by atoms with E-state index in [0.29, 0.717) is 0 Å². The van der Waals surface area contributed by atoms with Gasteiger partial charge in [0, 0.05) is 0 Å². The second kappa shape index (κ2) is 5.13. The van der Waals surface area contributed by atoms with Crippen LogP contribution in [0, 0.1) is 0 Å². The Morgan fingerprint density at radius 1 is 0.900 bits per heavy atom. The number of allylic oxidation sites excluding steroid dienone is 2. The summed E-state index contributed by atoms with van der Waals surface area (Å²) in [6, 6.07) is 19.3. The third kappa shape index (κ3) is 2.03. The number of carbonyl (C=O) groups excluding carboxylic acids is 1. The van der Waals surface area contributed by atoms with Crippen molar-refractivity contribution in [1.82, 2.24) is 0 Å². The Bertz CT molecular complexity index is 687. The number of benzene rings is 2. The number of hydrogen-bond acceptors (Lipinski definition) is 3. The normalized spacial score (nSPS) is 20.2. The fourth-order valence-electron chi connectivity index (χ4n) is 2.56. The summed E-state index contributed by atoms with van der Waals surface area (Å²) in [6.45, 7) is 0. The Kier molecular flexibility index (Phi) is 3.17. The van der Waals surface area contributed by atoms with Crippen LogP contribution >= 0.6 is 0 Å². The van der Waals surface area contributed by atoms with Crippen molar-refractivity contribution in [1.29, 1.82) is 0 Å². The van der Waals surface area contributed by atoms with Crippen LogP contribution in [0.5, 0.6) is 0 Å². The van der Waals surface area contributed by atoms with Gasteiger partial charge in [0.1, 0.15) is 5.71 Å². The van der Waals surface area contributed by atoms with Crippen molar-refractivity contribution in [3.63, 3.8) is 0 Å². The molecule has 1 unspecified atom stereocenters. The lowest BCUT2D eigenvalue weighted by Crippen LogP contribution is -2.15. The molecule has 3 rings (SSSR count). The van der Waals surface area contributed by atoms with E-state index >= 15 is 0 Å². The van der Waals surface area contributed by atoms with E-state index in [1.165, 1.54) is 0 Å². The third-order valence-electron chi connectivity index (χ3n) is 3.47. The summed E-state index contributed by atoms with van der Waals surface area (Å²) in [6.07, 6.45) is 1.56. The van der Waals surface area contributed by atoms with E-state index in [4.69, 9.17) is 5.21 Å². The molecule has 3 nitrogen and oxygen atoms in total. The first-order valence-electron chi connectivity index (χ1n) is 6.39. The number of oxime groups is 1. The number of nitrogens with zero attached hydrogens (tertiary/aromatic N) is 1. The van der Waals surface area contributed by atoms with E-state index in [-0.39, 0.29) is 17.4 Å². The summed E-state index contributed by atoms with van der Waals surface area (Å²) in [5, 5.41) is 12.4. The zero-order valence-electron chi connectivity index (χ0n) is 10.7. The highest BCUT2D eigenvalue weighted by Gasteiger charge is 2.34. The van der Waals surface area contributed by atoms with Crippen LogP contribution < -0.4 is 0 Å². The molecular weight excluding hydrogens is 250 g/mol. The smallest absolute Gasteiger partial charge is 0.204 e. The Morgan fingerprint density at radius 3 is 2.10 bits per heavy atom. The van der Waals surface area contributed by atoms with Gasteiger partial charge >= 0.3 is 0 Å². The Hall–Kier alpha value is -2.68. The quantitative estimate of drug-likeness (QED) is 0.667. The average molecular weight is 263 g/mol. The molecule has 1 N–H and O–H groups in total. The predicted molar refractivity (Wildman–Crippen MR) is 77.8 cm³/mol. The highest BCUT2D eigenvalue weighted by molar-refractivity contribution is 6.52. The van der Waals surface area contributed by atoms with Gasteiger partial charge in [0.2, 0.25) is 5.78 Å². The average Bonchev–Trinajstić information content (AvgIpc) is 2.85. The zero-order chi connectivity index (χ0) is 13.9. The second-order valence-corrected chi connectivity index (χ2v) is 4.66. The highest BCUT2D eigenvalue weighted by Crippen LogP contribution is 2.38. The van der Waals surface area contributed by atoms with E-state index in [1.54, 1.807) is 6.08 Å². The molecular formula is C17H13NO2. The van der Waals surface area contributed by atoms with Crippen LogP contribution in [0.1, 0.15) is 17.0 Å². The first kappa shape index (κ1) is 12.4. The van der Waals surface area contributed by atoms with E-state index in [0.717, 1.165) is 16.7 Å². The summed E-state index contributed by atoms with van der Waals surface area (Å²) in [4.78, 5) is 12.0. The molecule has 1 atom stereocenters. The number of hydrogen-bond donors (Lipinski definition) is 1. The first-order chi connectivity index (χ1) is 9.81. The van der Waals surface area contributed by atoms with Gasteiger partial charge in [-0.2, -0.15) is 0 Å². The van der Waals surface area contributed by atoms with Crippen molar-refractivity contribution in [2.45, 2.75) is 5.92 Å². The highest BCUT2D eigenvalue weighted by atomic mass is 16.4. The maximum Gasteiger partial charge on any atom is 0.204 e. The molecule has 3 heteroatoms. The molecule has 0 radical (unpaired) electrons. The van der Waals surface area contributed by atoms with Gasteiger partial charge in [-0.15, -0.1) is 0 Å². The monoisotopic (exact) mass is 263 g/mol. The van der Waals surface area contributed by atoms with Crippen molar-refractivity contribution in [2.75, 3.05) is 0 Å². The van der Waals surface area contributed by atoms with Crippen LogP contribution in [0.3, 0.4) is 0 Å². The summed E-state index contributed by atoms with van der Waals surface area (Å²) in [7, 11) is 0. The van der Waals surface area contributed by atoms with Crippen molar-refractivity contribution < 1.29 is 10.0 Å². The molecule has 0 aromatic heterocycles. The minimum atomic E-state index is -0.309.